The van der Waals surface area contributed by atoms with Gasteiger partial charge in [0.1, 0.15) is 5.82 Å². The first-order chi connectivity index (χ1) is 8.03. The topological polar surface area (TPSA) is 76.0 Å². The van der Waals surface area contributed by atoms with Gasteiger partial charge in [0.05, 0.1) is 0 Å². The monoisotopic (exact) mass is 258 g/mol. The zero-order chi connectivity index (χ0) is 12.5. The van der Waals surface area contributed by atoms with Gasteiger partial charge in [0, 0.05) is 25.3 Å². The van der Waals surface area contributed by atoms with Crippen molar-refractivity contribution in [2.24, 2.45) is 0 Å². The standard InChI is InChI=1S/C10H18N4O2S/c1-3-14-7-10(12-8(14)2)17(15,16)13-9-4-5-11-6-9/h7,9,11,13H,3-6H2,1-2H3/t9-/m1/s1. The number of rotatable bonds is 4. The van der Waals surface area contributed by atoms with Crippen LogP contribution in [-0.2, 0) is 16.6 Å². The van der Waals surface area contributed by atoms with E-state index >= 15 is 0 Å². The van der Waals surface area contributed by atoms with Crippen LogP contribution in [0.15, 0.2) is 11.2 Å². The maximum absolute atomic E-state index is 12.1. The van der Waals surface area contributed by atoms with Crippen LogP contribution in [0, 0.1) is 6.92 Å². The molecule has 2 heterocycles. The predicted octanol–water partition coefficient (Wildman–Crippen LogP) is -0.148. The summed E-state index contributed by atoms with van der Waals surface area (Å²) in [5.41, 5.74) is 0. The fraction of sp³-hybridized carbons (Fsp3) is 0.700. The molecule has 1 saturated heterocycles. The number of sulfonamides is 1. The van der Waals surface area contributed by atoms with Crippen LogP contribution in [0.5, 0.6) is 0 Å². The summed E-state index contributed by atoms with van der Waals surface area (Å²) in [5, 5.41) is 3.24. The van der Waals surface area contributed by atoms with Gasteiger partial charge >= 0.3 is 0 Å². The lowest BCUT2D eigenvalue weighted by Gasteiger charge is -2.09. The van der Waals surface area contributed by atoms with Gasteiger partial charge in [-0.2, -0.15) is 0 Å². The first-order valence-electron chi connectivity index (χ1n) is 5.79. The van der Waals surface area contributed by atoms with E-state index in [2.05, 4.69) is 15.0 Å². The summed E-state index contributed by atoms with van der Waals surface area (Å²) in [7, 11) is -3.48. The minimum Gasteiger partial charge on any atom is -0.334 e. The number of nitrogens with one attached hydrogen (secondary N) is 2. The summed E-state index contributed by atoms with van der Waals surface area (Å²) in [6, 6.07) is -0.0212. The molecule has 1 aromatic heterocycles. The second-order valence-corrected chi connectivity index (χ2v) is 5.88. The summed E-state index contributed by atoms with van der Waals surface area (Å²) in [6.45, 7) is 6.03. The second-order valence-electron chi connectivity index (χ2n) is 4.22. The smallest absolute Gasteiger partial charge is 0.259 e. The molecule has 2 rings (SSSR count). The quantitative estimate of drug-likeness (QED) is 0.787. The Morgan fingerprint density at radius 3 is 2.94 bits per heavy atom. The number of hydrogen-bond acceptors (Lipinski definition) is 4. The molecule has 6 nitrogen and oxygen atoms in total. The highest BCUT2D eigenvalue weighted by molar-refractivity contribution is 7.89. The Kier molecular flexibility index (Phi) is 3.50. The van der Waals surface area contributed by atoms with Crippen LogP contribution in [-0.4, -0.2) is 37.1 Å². The van der Waals surface area contributed by atoms with Gasteiger partial charge in [-0.25, -0.2) is 18.1 Å². The fourth-order valence-electron chi connectivity index (χ4n) is 1.96. The molecule has 1 fully saturated rings. The number of hydrogen-bond donors (Lipinski definition) is 2. The maximum Gasteiger partial charge on any atom is 0.259 e. The van der Waals surface area contributed by atoms with Gasteiger partial charge in [0.25, 0.3) is 10.0 Å². The molecule has 7 heteroatoms. The van der Waals surface area contributed by atoms with Crippen LogP contribution < -0.4 is 10.0 Å². The van der Waals surface area contributed by atoms with Gasteiger partial charge in [-0.15, -0.1) is 0 Å². The van der Waals surface area contributed by atoms with Crippen molar-refractivity contribution in [1.29, 1.82) is 0 Å². The lowest BCUT2D eigenvalue weighted by atomic mass is 10.3. The molecule has 0 unspecified atom stereocenters. The van der Waals surface area contributed by atoms with Crippen molar-refractivity contribution in [3.05, 3.63) is 12.0 Å². The molecule has 1 atom stereocenters. The summed E-state index contributed by atoms with van der Waals surface area (Å²) < 4.78 is 28.6. The Balaban J connectivity index is 2.18. The lowest BCUT2D eigenvalue weighted by Crippen LogP contribution is -2.36. The van der Waals surface area contributed by atoms with E-state index in [1.54, 1.807) is 13.1 Å². The van der Waals surface area contributed by atoms with E-state index in [1.807, 2.05) is 11.5 Å². The van der Waals surface area contributed by atoms with E-state index in [4.69, 9.17) is 0 Å². The Hall–Kier alpha value is -0.920. The Bertz CT molecular complexity index is 488. The van der Waals surface area contributed by atoms with E-state index in [9.17, 15) is 8.42 Å². The van der Waals surface area contributed by atoms with Crippen LogP contribution in [0.25, 0.3) is 0 Å². The largest absolute Gasteiger partial charge is 0.334 e. The van der Waals surface area contributed by atoms with Crippen LogP contribution in [0.2, 0.25) is 0 Å². The number of imidazole rings is 1. The molecule has 0 bridgehead atoms. The van der Waals surface area contributed by atoms with Gasteiger partial charge < -0.3 is 9.88 Å². The third-order valence-electron chi connectivity index (χ3n) is 2.95. The molecule has 0 saturated carbocycles. The minimum absolute atomic E-state index is 0.0212. The third kappa shape index (κ3) is 2.67. The molecule has 17 heavy (non-hydrogen) atoms. The first-order valence-corrected chi connectivity index (χ1v) is 7.28. The lowest BCUT2D eigenvalue weighted by molar-refractivity contribution is 0.557. The highest BCUT2D eigenvalue weighted by atomic mass is 32.2. The number of aryl methyl sites for hydroxylation is 2. The van der Waals surface area contributed by atoms with Crippen LogP contribution in [0.1, 0.15) is 19.2 Å². The Labute approximate surface area is 101 Å². The van der Waals surface area contributed by atoms with Gasteiger partial charge in [0.2, 0.25) is 0 Å². The van der Waals surface area contributed by atoms with Crippen molar-refractivity contribution in [1.82, 2.24) is 19.6 Å². The van der Waals surface area contributed by atoms with Gasteiger partial charge in [-0.1, -0.05) is 0 Å². The molecule has 0 radical (unpaired) electrons. The van der Waals surface area contributed by atoms with Crippen LogP contribution in [0.3, 0.4) is 0 Å². The highest BCUT2D eigenvalue weighted by Crippen LogP contribution is 2.11. The number of nitrogens with zero attached hydrogens (tertiary/aromatic N) is 2. The average Bonchev–Trinajstić information content (AvgIpc) is 2.87. The van der Waals surface area contributed by atoms with Gasteiger partial charge in [0.15, 0.2) is 5.03 Å². The van der Waals surface area contributed by atoms with Crippen molar-refractivity contribution >= 4 is 10.0 Å². The Morgan fingerprint density at radius 2 is 2.41 bits per heavy atom. The van der Waals surface area contributed by atoms with Gasteiger partial charge in [-0.3, -0.25) is 0 Å². The molecule has 1 aliphatic heterocycles. The number of aromatic nitrogens is 2. The maximum atomic E-state index is 12.1. The van der Waals surface area contributed by atoms with Crippen molar-refractivity contribution in [3.8, 4) is 0 Å². The zero-order valence-corrected chi connectivity index (χ0v) is 10.9. The fourth-order valence-corrected chi connectivity index (χ4v) is 3.24. The summed E-state index contributed by atoms with van der Waals surface area (Å²) >= 11 is 0. The molecule has 0 spiro atoms. The summed E-state index contributed by atoms with van der Waals surface area (Å²) in [4.78, 5) is 4.09. The molecule has 0 aromatic carbocycles. The van der Waals surface area contributed by atoms with E-state index in [0.29, 0.717) is 6.54 Å². The SMILES string of the molecule is CCn1cc(S(=O)(=O)N[C@@H]2CCNC2)nc1C. The summed E-state index contributed by atoms with van der Waals surface area (Å²) in [5.74, 6) is 0.720. The van der Waals surface area contributed by atoms with E-state index in [-0.39, 0.29) is 11.1 Å². The van der Waals surface area contributed by atoms with Crippen LogP contribution in [0.4, 0.5) is 0 Å². The average molecular weight is 258 g/mol. The molecule has 1 aliphatic rings. The van der Waals surface area contributed by atoms with E-state index < -0.39 is 10.0 Å². The molecular weight excluding hydrogens is 240 g/mol. The molecule has 2 N–H and O–H groups in total. The molecule has 0 aliphatic carbocycles. The normalized spacial score (nSPS) is 20.9. The van der Waals surface area contributed by atoms with E-state index in [0.717, 1.165) is 25.3 Å². The Morgan fingerprint density at radius 1 is 1.65 bits per heavy atom. The van der Waals surface area contributed by atoms with Crippen molar-refractivity contribution in [3.63, 3.8) is 0 Å². The van der Waals surface area contributed by atoms with Crippen molar-refractivity contribution in [2.75, 3.05) is 13.1 Å². The molecule has 0 amide bonds. The van der Waals surface area contributed by atoms with E-state index in [1.165, 1.54) is 0 Å². The van der Waals surface area contributed by atoms with Crippen LogP contribution >= 0.6 is 0 Å². The molecular formula is C10H18N4O2S. The van der Waals surface area contributed by atoms with Crippen molar-refractivity contribution < 1.29 is 8.42 Å². The highest BCUT2D eigenvalue weighted by Gasteiger charge is 2.24. The molecule has 1 aromatic rings. The minimum atomic E-state index is -3.48. The zero-order valence-electron chi connectivity index (χ0n) is 10.1. The van der Waals surface area contributed by atoms with Crippen molar-refractivity contribution in [2.45, 2.75) is 37.9 Å². The first kappa shape index (κ1) is 12.5. The second kappa shape index (κ2) is 4.75. The third-order valence-corrected chi connectivity index (χ3v) is 4.34. The predicted molar refractivity (Wildman–Crippen MR) is 64.2 cm³/mol. The summed E-state index contributed by atoms with van der Waals surface area (Å²) in [6.07, 6.45) is 2.41. The molecule has 96 valence electrons. The van der Waals surface area contributed by atoms with Gasteiger partial charge in [-0.05, 0) is 26.8 Å².